The van der Waals surface area contributed by atoms with Crippen LogP contribution in [-0.4, -0.2) is 19.0 Å². The molecule has 3 nitrogen and oxygen atoms in total. The third-order valence-electron chi connectivity index (χ3n) is 2.22. The number of nitrogens with one attached hydrogen (secondary N) is 2. The predicted molar refractivity (Wildman–Crippen MR) is 75.6 cm³/mol. The van der Waals surface area contributed by atoms with Crippen molar-refractivity contribution >= 4 is 39.1 Å². The van der Waals surface area contributed by atoms with Gasteiger partial charge in [0.15, 0.2) is 0 Å². The summed E-state index contributed by atoms with van der Waals surface area (Å²) >= 11 is 9.26. The summed E-state index contributed by atoms with van der Waals surface area (Å²) < 4.78 is 0.892. The lowest BCUT2D eigenvalue weighted by atomic mass is 10.3. The van der Waals surface area contributed by atoms with Gasteiger partial charge in [0.25, 0.3) is 0 Å². The molecule has 94 valence electrons. The first-order chi connectivity index (χ1) is 8.13. The lowest BCUT2D eigenvalue weighted by Gasteiger charge is -2.09. The molecular formula is C12H16BrClN2O. The minimum Gasteiger partial charge on any atom is -0.375 e. The van der Waals surface area contributed by atoms with Crippen molar-refractivity contribution in [2.24, 2.45) is 0 Å². The molecule has 0 spiro atoms. The van der Waals surface area contributed by atoms with Crippen LogP contribution in [-0.2, 0) is 4.79 Å². The molecule has 0 radical (unpaired) electrons. The fourth-order valence-corrected chi connectivity index (χ4v) is 1.83. The van der Waals surface area contributed by atoms with Gasteiger partial charge in [0.2, 0.25) is 5.91 Å². The molecule has 0 saturated heterocycles. The van der Waals surface area contributed by atoms with Crippen LogP contribution in [0.15, 0.2) is 22.7 Å². The summed E-state index contributed by atoms with van der Waals surface area (Å²) in [6.45, 7) is 3.07. The van der Waals surface area contributed by atoms with E-state index in [1.807, 2.05) is 6.07 Å². The Hall–Kier alpha value is -0.740. The topological polar surface area (TPSA) is 41.1 Å². The van der Waals surface area contributed by atoms with Crippen molar-refractivity contribution in [3.05, 3.63) is 27.7 Å². The minimum atomic E-state index is -0.00896. The van der Waals surface area contributed by atoms with Gasteiger partial charge in [-0.05, 0) is 40.5 Å². The van der Waals surface area contributed by atoms with Crippen molar-refractivity contribution < 1.29 is 4.79 Å². The molecule has 17 heavy (non-hydrogen) atoms. The Morgan fingerprint density at radius 2 is 2.24 bits per heavy atom. The van der Waals surface area contributed by atoms with E-state index in [9.17, 15) is 4.79 Å². The van der Waals surface area contributed by atoms with Gasteiger partial charge < -0.3 is 10.6 Å². The van der Waals surface area contributed by atoms with Crippen LogP contribution in [0.25, 0.3) is 0 Å². The minimum absolute atomic E-state index is 0.00896. The summed E-state index contributed by atoms with van der Waals surface area (Å²) in [7, 11) is 0. The third kappa shape index (κ3) is 5.41. The SMILES string of the molecule is CCCCNC(=O)CNc1cc(Cl)ccc1Br. The van der Waals surface area contributed by atoms with Gasteiger partial charge in [0.05, 0.1) is 12.2 Å². The van der Waals surface area contributed by atoms with Crippen LogP contribution in [0.3, 0.4) is 0 Å². The number of hydrogen-bond acceptors (Lipinski definition) is 2. The largest absolute Gasteiger partial charge is 0.375 e. The molecule has 0 aliphatic heterocycles. The molecule has 1 aromatic carbocycles. The van der Waals surface area contributed by atoms with Gasteiger partial charge in [-0.2, -0.15) is 0 Å². The van der Waals surface area contributed by atoms with Crippen molar-refractivity contribution in [3.63, 3.8) is 0 Å². The second-order valence-electron chi connectivity index (χ2n) is 3.68. The Morgan fingerprint density at radius 1 is 1.47 bits per heavy atom. The maximum Gasteiger partial charge on any atom is 0.239 e. The van der Waals surface area contributed by atoms with Gasteiger partial charge in [-0.1, -0.05) is 24.9 Å². The van der Waals surface area contributed by atoms with E-state index in [1.54, 1.807) is 12.1 Å². The molecule has 0 aliphatic rings. The zero-order valence-electron chi connectivity index (χ0n) is 9.72. The fraction of sp³-hybridized carbons (Fsp3) is 0.417. The highest BCUT2D eigenvalue weighted by Crippen LogP contribution is 2.25. The van der Waals surface area contributed by atoms with E-state index in [2.05, 4.69) is 33.5 Å². The predicted octanol–water partition coefficient (Wildman–Crippen LogP) is 3.43. The molecule has 0 unspecified atom stereocenters. The average Bonchev–Trinajstić information content (AvgIpc) is 2.31. The smallest absolute Gasteiger partial charge is 0.239 e. The van der Waals surface area contributed by atoms with E-state index in [1.165, 1.54) is 0 Å². The van der Waals surface area contributed by atoms with Gasteiger partial charge in [-0.25, -0.2) is 0 Å². The van der Waals surface area contributed by atoms with Crippen LogP contribution >= 0.6 is 27.5 Å². The normalized spacial score (nSPS) is 10.1. The quantitative estimate of drug-likeness (QED) is 0.789. The molecule has 0 bridgehead atoms. The van der Waals surface area contributed by atoms with Crippen LogP contribution in [0.2, 0.25) is 5.02 Å². The Bertz CT molecular complexity index is 385. The second-order valence-corrected chi connectivity index (χ2v) is 4.97. The molecule has 2 N–H and O–H groups in total. The highest BCUT2D eigenvalue weighted by Gasteiger charge is 2.03. The Balaban J connectivity index is 2.39. The summed E-state index contributed by atoms with van der Waals surface area (Å²) in [5.41, 5.74) is 0.822. The summed E-state index contributed by atoms with van der Waals surface area (Å²) in [4.78, 5) is 11.5. The molecule has 0 fully saturated rings. The van der Waals surface area contributed by atoms with E-state index >= 15 is 0 Å². The van der Waals surface area contributed by atoms with E-state index in [-0.39, 0.29) is 12.5 Å². The molecule has 0 aromatic heterocycles. The zero-order valence-corrected chi connectivity index (χ0v) is 12.1. The van der Waals surface area contributed by atoms with E-state index < -0.39 is 0 Å². The van der Waals surface area contributed by atoms with Gasteiger partial charge in [0, 0.05) is 16.0 Å². The van der Waals surface area contributed by atoms with Crippen LogP contribution in [0.4, 0.5) is 5.69 Å². The maximum absolute atomic E-state index is 11.5. The van der Waals surface area contributed by atoms with Crippen molar-refractivity contribution in [2.75, 3.05) is 18.4 Å². The summed E-state index contributed by atoms with van der Waals surface area (Å²) in [6.07, 6.45) is 2.08. The van der Waals surface area contributed by atoms with E-state index in [0.717, 1.165) is 29.5 Å². The number of amides is 1. The molecule has 0 heterocycles. The highest BCUT2D eigenvalue weighted by atomic mass is 79.9. The van der Waals surface area contributed by atoms with Crippen LogP contribution < -0.4 is 10.6 Å². The molecule has 0 atom stereocenters. The van der Waals surface area contributed by atoms with Crippen molar-refractivity contribution in [2.45, 2.75) is 19.8 Å². The van der Waals surface area contributed by atoms with Crippen molar-refractivity contribution in [1.29, 1.82) is 0 Å². The summed E-state index contributed by atoms with van der Waals surface area (Å²) in [6, 6.07) is 5.42. The summed E-state index contributed by atoms with van der Waals surface area (Å²) in [5.74, 6) is -0.00896. The number of hydrogen-bond donors (Lipinski definition) is 2. The van der Waals surface area contributed by atoms with Gasteiger partial charge >= 0.3 is 0 Å². The van der Waals surface area contributed by atoms with Gasteiger partial charge in [-0.15, -0.1) is 0 Å². The number of unbranched alkanes of at least 4 members (excludes halogenated alkanes) is 1. The third-order valence-corrected chi connectivity index (χ3v) is 3.15. The Kier molecular flexibility index (Phi) is 6.37. The number of carbonyl (C=O) groups is 1. The average molecular weight is 320 g/mol. The molecule has 0 aliphatic carbocycles. The molecule has 0 saturated carbocycles. The van der Waals surface area contributed by atoms with E-state index in [4.69, 9.17) is 11.6 Å². The number of benzene rings is 1. The molecular weight excluding hydrogens is 304 g/mol. The second kappa shape index (κ2) is 7.56. The van der Waals surface area contributed by atoms with Crippen LogP contribution in [0.1, 0.15) is 19.8 Å². The van der Waals surface area contributed by atoms with Gasteiger partial charge in [-0.3, -0.25) is 4.79 Å². The number of halogens is 2. The summed E-state index contributed by atoms with van der Waals surface area (Å²) in [5, 5.41) is 6.52. The number of anilines is 1. The van der Waals surface area contributed by atoms with Crippen molar-refractivity contribution in [1.82, 2.24) is 5.32 Å². The first-order valence-corrected chi connectivity index (χ1v) is 6.76. The van der Waals surface area contributed by atoms with Crippen LogP contribution in [0.5, 0.6) is 0 Å². The Morgan fingerprint density at radius 3 is 2.94 bits per heavy atom. The first kappa shape index (κ1) is 14.3. The zero-order chi connectivity index (χ0) is 12.7. The number of carbonyl (C=O) groups excluding carboxylic acids is 1. The standard InChI is InChI=1S/C12H16BrClN2O/c1-2-3-6-15-12(17)8-16-11-7-9(14)4-5-10(11)13/h4-5,7,16H,2-3,6,8H2,1H3,(H,15,17). The maximum atomic E-state index is 11.5. The molecule has 1 amide bonds. The number of rotatable bonds is 6. The monoisotopic (exact) mass is 318 g/mol. The van der Waals surface area contributed by atoms with Gasteiger partial charge in [0.1, 0.15) is 0 Å². The fourth-order valence-electron chi connectivity index (χ4n) is 1.28. The highest BCUT2D eigenvalue weighted by molar-refractivity contribution is 9.10. The van der Waals surface area contributed by atoms with E-state index in [0.29, 0.717) is 5.02 Å². The Labute approximate surface area is 115 Å². The lowest BCUT2D eigenvalue weighted by Crippen LogP contribution is -2.30. The van der Waals surface area contributed by atoms with Crippen molar-refractivity contribution in [3.8, 4) is 0 Å². The lowest BCUT2D eigenvalue weighted by molar-refractivity contribution is -0.119. The first-order valence-electron chi connectivity index (χ1n) is 5.59. The molecule has 1 rings (SSSR count). The molecule has 1 aromatic rings. The van der Waals surface area contributed by atoms with Crippen LogP contribution in [0, 0.1) is 0 Å². The molecule has 5 heteroatoms.